The molecule has 2 amide bonds. The van der Waals surface area contributed by atoms with Crippen molar-refractivity contribution in [1.82, 2.24) is 10.2 Å². The fourth-order valence-electron chi connectivity index (χ4n) is 2.31. The Bertz CT molecular complexity index is 315. The maximum absolute atomic E-state index is 12.2. The van der Waals surface area contributed by atoms with Crippen molar-refractivity contribution in [2.75, 3.05) is 13.1 Å². The minimum atomic E-state index is -0.979. The predicted octanol–water partition coefficient (Wildman–Crippen LogP) is 2.46. The van der Waals surface area contributed by atoms with E-state index in [0.29, 0.717) is 0 Å². The average molecular weight is 270 g/mol. The fourth-order valence-corrected chi connectivity index (χ4v) is 2.31. The van der Waals surface area contributed by atoms with E-state index in [2.05, 4.69) is 5.32 Å². The topological polar surface area (TPSA) is 69.6 Å². The number of rotatable bonds is 2. The summed E-state index contributed by atoms with van der Waals surface area (Å²) in [5, 5.41) is 11.9. The number of nitrogens with zero attached hydrogens (tertiary/aromatic N) is 1. The second-order valence-electron chi connectivity index (χ2n) is 6.34. The van der Waals surface area contributed by atoms with Crippen LogP contribution in [0.5, 0.6) is 0 Å². The van der Waals surface area contributed by atoms with Gasteiger partial charge in [0.1, 0.15) is 6.04 Å². The summed E-state index contributed by atoms with van der Waals surface area (Å²) in [6, 6.07) is -1.10. The summed E-state index contributed by atoms with van der Waals surface area (Å²) < 4.78 is 0. The van der Waals surface area contributed by atoms with E-state index >= 15 is 0 Å². The molecule has 0 aliphatic carbocycles. The number of carbonyl (C=O) groups excluding carboxylic acids is 1. The molecule has 19 heavy (non-hydrogen) atoms. The van der Waals surface area contributed by atoms with Crippen LogP contribution in [0.4, 0.5) is 4.79 Å². The lowest BCUT2D eigenvalue weighted by Gasteiger charge is -2.31. The van der Waals surface area contributed by atoms with Crippen molar-refractivity contribution in [3.63, 3.8) is 0 Å². The summed E-state index contributed by atoms with van der Waals surface area (Å²) in [6.07, 6.45) is 5.52. The molecule has 0 radical (unpaired) electrons. The third-order valence-corrected chi connectivity index (χ3v) is 3.52. The number of urea groups is 1. The number of likely N-dealkylation sites (tertiary alicyclic amines) is 1. The van der Waals surface area contributed by atoms with E-state index in [1.165, 1.54) is 6.42 Å². The molecule has 1 fully saturated rings. The number of hydrogen-bond acceptors (Lipinski definition) is 2. The van der Waals surface area contributed by atoms with Crippen LogP contribution in [0.25, 0.3) is 0 Å². The molecule has 1 heterocycles. The van der Waals surface area contributed by atoms with Crippen molar-refractivity contribution < 1.29 is 14.7 Å². The first-order chi connectivity index (χ1) is 8.82. The molecule has 110 valence electrons. The SMILES string of the molecule is CC(C)(C)[C@@H](NC(=O)N1CCCCCCC1)C(=O)O. The van der Waals surface area contributed by atoms with Gasteiger partial charge in [-0.25, -0.2) is 9.59 Å². The van der Waals surface area contributed by atoms with Crippen LogP contribution in [0.3, 0.4) is 0 Å². The highest BCUT2D eigenvalue weighted by Gasteiger charge is 2.33. The van der Waals surface area contributed by atoms with Gasteiger partial charge in [0.25, 0.3) is 0 Å². The van der Waals surface area contributed by atoms with E-state index in [1.54, 1.807) is 4.90 Å². The summed E-state index contributed by atoms with van der Waals surface area (Å²) >= 11 is 0. The summed E-state index contributed by atoms with van der Waals surface area (Å²) in [4.78, 5) is 25.2. The second-order valence-corrected chi connectivity index (χ2v) is 6.34. The number of amides is 2. The molecule has 0 aromatic carbocycles. The van der Waals surface area contributed by atoms with Crippen LogP contribution < -0.4 is 5.32 Å². The van der Waals surface area contributed by atoms with Crippen LogP contribution in [-0.4, -0.2) is 41.1 Å². The summed E-state index contributed by atoms with van der Waals surface area (Å²) in [5.74, 6) is -0.979. The lowest BCUT2D eigenvalue weighted by atomic mass is 9.87. The van der Waals surface area contributed by atoms with E-state index in [1.807, 2.05) is 20.8 Å². The Kier molecular flexibility index (Phi) is 5.63. The second kappa shape index (κ2) is 6.78. The third-order valence-electron chi connectivity index (χ3n) is 3.52. The smallest absolute Gasteiger partial charge is 0.326 e. The van der Waals surface area contributed by atoms with Crippen LogP contribution in [0, 0.1) is 5.41 Å². The van der Waals surface area contributed by atoms with E-state index in [-0.39, 0.29) is 6.03 Å². The fraction of sp³-hybridized carbons (Fsp3) is 0.857. The first-order valence-electron chi connectivity index (χ1n) is 7.10. The molecule has 0 bridgehead atoms. The van der Waals surface area contributed by atoms with Crippen molar-refractivity contribution >= 4 is 12.0 Å². The Morgan fingerprint density at radius 2 is 1.53 bits per heavy atom. The molecular weight excluding hydrogens is 244 g/mol. The first-order valence-corrected chi connectivity index (χ1v) is 7.10. The molecule has 1 aliphatic rings. The van der Waals surface area contributed by atoms with Crippen molar-refractivity contribution in [3.05, 3.63) is 0 Å². The maximum Gasteiger partial charge on any atom is 0.326 e. The van der Waals surface area contributed by atoms with E-state index in [0.717, 1.165) is 38.8 Å². The van der Waals surface area contributed by atoms with Crippen LogP contribution in [0.1, 0.15) is 52.9 Å². The molecule has 5 nitrogen and oxygen atoms in total. The molecule has 1 saturated heterocycles. The van der Waals surface area contributed by atoms with Gasteiger partial charge in [-0.15, -0.1) is 0 Å². The molecule has 2 N–H and O–H groups in total. The highest BCUT2D eigenvalue weighted by atomic mass is 16.4. The van der Waals surface area contributed by atoms with Gasteiger partial charge in [0, 0.05) is 13.1 Å². The minimum Gasteiger partial charge on any atom is -0.480 e. The van der Waals surface area contributed by atoms with Crippen LogP contribution in [-0.2, 0) is 4.79 Å². The zero-order valence-corrected chi connectivity index (χ0v) is 12.2. The molecule has 1 rings (SSSR count). The number of carboxylic acids is 1. The van der Waals surface area contributed by atoms with Gasteiger partial charge >= 0.3 is 12.0 Å². The van der Waals surface area contributed by atoms with Gasteiger partial charge in [0.15, 0.2) is 0 Å². The quantitative estimate of drug-likeness (QED) is 0.809. The van der Waals surface area contributed by atoms with Crippen LogP contribution in [0.15, 0.2) is 0 Å². The third kappa shape index (κ3) is 5.09. The zero-order chi connectivity index (χ0) is 14.5. The largest absolute Gasteiger partial charge is 0.480 e. The standard InChI is InChI=1S/C14H26N2O3/c1-14(2,3)11(12(17)18)15-13(19)16-9-7-5-4-6-8-10-16/h11H,4-10H2,1-3H3,(H,15,19)(H,17,18)/t11-/m0/s1. The lowest BCUT2D eigenvalue weighted by Crippen LogP contribution is -2.53. The number of hydrogen-bond donors (Lipinski definition) is 2. The van der Waals surface area contributed by atoms with Crippen molar-refractivity contribution in [3.8, 4) is 0 Å². The van der Waals surface area contributed by atoms with Crippen LogP contribution in [0.2, 0.25) is 0 Å². The number of carboxylic acid groups (broad SMARTS) is 1. The van der Waals surface area contributed by atoms with Gasteiger partial charge in [0.05, 0.1) is 0 Å². The maximum atomic E-state index is 12.2. The van der Waals surface area contributed by atoms with E-state index in [9.17, 15) is 14.7 Å². The summed E-state index contributed by atoms with van der Waals surface area (Å²) in [7, 11) is 0. The number of nitrogens with one attached hydrogen (secondary N) is 1. The first kappa shape index (κ1) is 15.8. The van der Waals surface area contributed by atoms with E-state index < -0.39 is 17.4 Å². The Morgan fingerprint density at radius 3 is 1.95 bits per heavy atom. The lowest BCUT2D eigenvalue weighted by molar-refractivity contribution is -0.142. The Labute approximate surface area is 115 Å². The molecule has 0 unspecified atom stereocenters. The van der Waals surface area contributed by atoms with Crippen molar-refractivity contribution in [2.45, 2.75) is 58.9 Å². The van der Waals surface area contributed by atoms with Gasteiger partial charge in [-0.3, -0.25) is 0 Å². The Morgan fingerprint density at radius 1 is 1.05 bits per heavy atom. The molecule has 0 saturated carbocycles. The highest BCUT2D eigenvalue weighted by Crippen LogP contribution is 2.20. The van der Waals surface area contributed by atoms with Gasteiger partial charge < -0.3 is 15.3 Å². The zero-order valence-electron chi connectivity index (χ0n) is 12.2. The molecule has 1 aliphatic heterocycles. The molecule has 5 heteroatoms. The molecule has 0 spiro atoms. The summed E-state index contributed by atoms with van der Waals surface area (Å²) in [6.45, 7) is 6.91. The number of aliphatic carboxylic acids is 1. The Hall–Kier alpha value is -1.26. The van der Waals surface area contributed by atoms with Gasteiger partial charge in [0.2, 0.25) is 0 Å². The highest BCUT2D eigenvalue weighted by molar-refractivity contribution is 5.83. The van der Waals surface area contributed by atoms with Gasteiger partial charge in [-0.05, 0) is 18.3 Å². The Balaban J connectivity index is 2.62. The van der Waals surface area contributed by atoms with Gasteiger partial charge in [-0.2, -0.15) is 0 Å². The van der Waals surface area contributed by atoms with E-state index in [4.69, 9.17) is 0 Å². The monoisotopic (exact) mass is 270 g/mol. The number of carbonyl (C=O) groups is 2. The molecule has 0 aromatic heterocycles. The van der Waals surface area contributed by atoms with Gasteiger partial charge in [-0.1, -0.05) is 40.0 Å². The van der Waals surface area contributed by atoms with Crippen LogP contribution >= 0.6 is 0 Å². The summed E-state index contributed by atoms with van der Waals surface area (Å²) in [5.41, 5.74) is -0.496. The average Bonchev–Trinajstić information content (AvgIpc) is 2.22. The molecule has 1 atom stereocenters. The molecule has 0 aromatic rings. The molecular formula is C14H26N2O3. The predicted molar refractivity (Wildman–Crippen MR) is 74.1 cm³/mol. The minimum absolute atomic E-state index is 0.246. The van der Waals surface area contributed by atoms with Crippen molar-refractivity contribution in [1.29, 1.82) is 0 Å². The normalized spacial score (nSPS) is 19.2. The van der Waals surface area contributed by atoms with Crippen molar-refractivity contribution in [2.24, 2.45) is 5.41 Å².